The van der Waals surface area contributed by atoms with Crippen LogP contribution in [0, 0.1) is 10.8 Å². The molecule has 0 N–H and O–H groups in total. The van der Waals surface area contributed by atoms with Gasteiger partial charge in [-0.1, -0.05) is 39.8 Å². The molecule has 0 heterocycles. The normalized spacial score (nSPS) is 35.6. The maximum Gasteiger partial charge on any atom is -0.0144 e. The number of rotatable bonds is 1. The van der Waals surface area contributed by atoms with E-state index in [1.54, 1.807) is 0 Å². The first-order valence-corrected chi connectivity index (χ1v) is 4.65. The Bertz CT molecular complexity index is 165. The monoisotopic (exact) mass is 152 g/mol. The highest BCUT2D eigenvalue weighted by molar-refractivity contribution is 5.05. The molecular formula is C11H20. The smallest absolute Gasteiger partial charge is 0.0144 e. The summed E-state index contributed by atoms with van der Waals surface area (Å²) in [7, 11) is 0. The van der Waals surface area contributed by atoms with Crippen LogP contribution >= 0.6 is 0 Å². The third-order valence-electron chi connectivity index (χ3n) is 2.88. The van der Waals surface area contributed by atoms with Crippen LogP contribution in [0.25, 0.3) is 0 Å². The molecule has 1 atom stereocenters. The zero-order valence-electron chi connectivity index (χ0n) is 8.28. The van der Waals surface area contributed by atoms with Crippen LogP contribution in [-0.4, -0.2) is 0 Å². The van der Waals surface area contributed by atoms with Crippen molar-refractivity contribution in [1.29, 1.82) is 0 Å². The fourth-order valence-corrected chi connectivity index (χ4v) is 2.13. The highest BCUT2D eigenvalue weighted by Gasteiger charge is 2.31. The van der Waals surface area contributed by atoms with Gasteiger partial charge in [-0.05, 0) is 30.1 Å². The van der Waals surface area contributed by atoms with Crippen molar-refractivity contribution in [3.05, 3.63) is 12.2 Å². The van der Waals surface area contributed by atoms with Gasteiger partial charge in [-0.2, -0.15) is 0 Å². The predicted molar refractivity (Wildman–Crippen MR) is 50.6 cm³/mol. The Balaban J connectivity index is 2.74. The summed E-state index contributed by atoms with van der Waals surface area (Å²) >= 11 is 0. The Morgan fingerprint density at radius 1 is 1.27 bits per heavy atom. The average molecular weight is 152 g/mol. The third-order valence-corrected chi connectivity index (χ3v) is 2.88. The second kappa shape index (κ2) is 2.66. The van der Waals surface area contributed by atoms with Gasteiger partial charge in [0.1, 0.15) is 0 Å². The lowest BCUT2D eigenvalue weighted by atomic mass is 9.67. The molecule has 0 aliphatic heterocycles. The van der Waals surface area contributed by atoms with Crippen molar-refractivity contribution >= 4 is 0 Å². The van der Waals surface area contributed by atoms with Crippen LogP contribution in [0.1, 0.15) is 47.0 Å². The van der Waals surface area contributed by atoms with E-state index in [9.17, 15) is 0 Å². The van der Waals surface area contributed by atoms with E-state index < -0.39 is 0 Å². The fourth-order valence-electron chi connectivity index (χ4n) is 2.13. The van der Waals surface area contributed by atoms with E-state index in [-0.39, 0.29) is 0 Å². The van der Waals surface area contributed by atoms with Crippen molar-refractivity contribution in [2.45, 2.75) is 47.0 Å². The molecule has 64 valence electrons. The van der Waals surface area contributed by atoms with Crippen molar-refractivity contribution < 1.29 is 0 Å². The van der Waals surface area contributed by atoms with Gasteiger partial charge in [0.05, 0.1) is 0 Å². The maximum atomic E-state index is 2.40. The minimum absolute atomic E-state index is 0.474. The van der Waals surface area contributed by atoms with E-state index in [1.807, 2.05) is 0 Å². The summed E-state index contributed by atoms with van der Waals surface area (Å²) in [4.78, 5) is 0. The Kier molecular flexibility index (Phi) is 2.13. The number of allylic oxidation sites excluding steroid dienone is 2. The van der Waals surface area contributed by atoms with Gasteiger partial charge in [0.2, 0.25) is 0 Å². The van der Waals surface area contributed by atoms with E-state index in [4.69, 9.17) is 0 Å². The molecule has 0 aromatic heterocycles. The van der Waals surface area contributed by atoms with E-state index in [0.717, 1.165) is 0 Å². The Labute approximate surface area is 70.7 Å². The fraction of sp³-hybridized carbons (Fsp3) is 0.818. The van der Waals surface area contributed by atoms with Gasteiger partial charge in [-0.25, -0.2) is 0 Å². The summed E-state index contributed by atoms with van der Waals surface area (Å²) in [5, 5.41) is 0. The number of hydrogen-bond acceptors (Lipinski definition) is 0. The lowest BCUT2D eigenvalue weighted by Gasteiger charge is -2.38. The predicted octanol–water partition coefficient (Wildman–Crippen LogP) is 3.78. The Morgan fingerprint density at radius 2 is 1.91 bits per heavy atom. The highest BCUT2D eigenvalue weighted by Crippen LogP contribution is 2.43. The van der Waals surface area contributed by atoms with E-state index in [1.165, 1.54) is 19.3 Å². The van der Waals surface area contributed by atoms with Gasteiger partial charge in [0.15, 0.2) is 0 Å². The lowest BCUT2D eigenvalue weighted by Crippen LogP contribution is -2.26. The summed E-state index contributed by atoms with van der Waals surface area (Å²) in [5.74, 6) is 0. The first kappa shape index (κ1) is 8.83. The SMILES string of the molecule is CCC1(C)C=CCC(C)(C)C1. The molecule has 0 radical (unpaired) electrons. The van der Waals surface area contributed by atoms with E-state index in [2.05, 4.69) is 39.8 Å². The third kappa shape index (κ3) is 2.08. The maximum absolute atomic E-state index is 2.40. The van der Waals surface area contributed by atoms with Crippen molar-refractivity contribution in [1.82, 2.24) is 0 Å². The summed E-state index contributed by atoms with van der Waals surface area (Å²) in [6, 6.07) is 0. The Morgan fingerprint density at radius 3 is 2.27 bits per heavy atom. The van der Waals surface area contributed by atoms with Crippen LogP contribution < -0.4 is 0 Å². The average Bonchev–Trinajstić information content (AvgIpc) is 1.85. The molecule has 0 heteroatoms. The van der Waals surface area contributed by atoms with E-state index >= 15 is 0 Å². The summed E-state index contributed by atoms with van der Waals surface area (Å²) < 4.78 is 0. The largest absolute Gasteiger partial charge is 0.0875 e. The van der Waals surface area contributed by atoms with Crippen molar-refractivity contribution in [3.63, 3.8) is 0 Å². The zero-order valence-corrected chi connectivity index (χ0v) is 8.28. The van der Waals surface area contributed by atoms with Crippen LogP contribution in [0.4, 0.5) is 0 Å². The van der Waals surface area contributed by atoms with Crippen molar-refractivity contribution in [2.24, 2.45) is 10.8 Å². The standard InChI is InChI=1S/C11H20/c1-5-11(4)8-6-7-10(2,3)9-11/h6,8H,5,7,9H2,1-4H3. The van der Waals surface area contributed by atoms with Gasteiger partial charge in [-0.15, -0.1) is 0 Å². The molecule has 1 rings (SSSR count). The van der Waals surface area contributed by atoms with Crippen LogP contribution in [0.2, 0.25) is 0 Å². The molecule has 0 saturated carbocycles. The van der Waals surface area contributed by atoms with Crippen molar-refractivity contribution in [2.75, 3.05) is 0 Å². The first-order valence-electron chi connectivity index (χ1n) is 4.65. The van der Waals surface area contributed by atoms with Gasteiger partial charge in [0.25, 0.3) is 0 Å². The van der Waals surface area contributed by atoms with Crippen LogP contribution in [0.3, 0.4) is 0 Å². The molecule has 0 fully saturated rings. The lowest BCUT2D eigenvalue weighted by molar-refractivity contribution is 0.201. The minimum atomic E-state index is 0.474. The molecule has 1 aliphatic carbocycles. The molecule has 0 aromatic rings. The quantitative estimate of drug-likeness (QED) is 0.502. The Hall–Kier alpha value is -0.260. The summed E-state index contributed by atoms with van der Waals surface area (Å²) in [5.41, 5.74) is 1.00. The van der Waals surface area contributed by atoms with Gasteiger partial charge in [-0.3, -0.25) is 0 Å². The molecule has 1 unspecified atom stereocenters. The van der Waals surface area contributed by atoms with Gasteiger partial charge >= 0.3 is 0 Å². The molecule has 0 amide bonds. The first-order chi connectivity index (χ1) is 4.97. The summed E-state index contributed by atoms with van der Waals surface area (Å²) in [6.07, 6.45) is 8.62. The summed E-state index contributed by atoms with van der Waals surface area (Å²) in [6.45, 7) is 9.38. The molecule has 11 heavy (non-hydrogen) atoms. The number of hydrogen-bond donors (Lipinski definition) is 0. The van der Waals surface area contributed by atoms with Gasteiger partial charge < -0.3 is 0 Å². The highest BCUT2D eigenvalue weighted by atomic mass is 14.4. The molecule has 0 bridgehead atoms. The van der Waals surface area contributed by atoms with Crippen LogP contribution in [0.15, 0.2) is 12.2 Å². The van der Waals surface area contributed by atoms with Crippen LogP contribution in [-0.2, 0) is 0 Å². The second-order valence-electron chi connectivity index (χ2n) is 4.96. The molecule has 0 spiro atoms. The molecule has 0 saturated heterocycles. The van der Waals surface area contributed by atoms with Crippen molar-refractivity contribution in [3.8, 4) is 0 Å². The zero-order chi connectivity index (χ0) is 8.54. The topological polar surface area (TPSA) is 0 Å². The molecular weight excluding hydrogens is 132 g/mol. The minimum Gasteiger partial charge on any atom is -0.0875 e. The second-order valence-corrected chi connectivity index (χ2v) is 4.96. The van der Waals surface area contributed by atoms with E-state index in [0.29, 0.717) is 10.8 Å². The molecule has 0 aromatic carbocycles. The molecule has 1 aliphatic rings. The van der Waals surface area contributed by atoms with Gasteiger partial charge in [0, 0.05) is 0 Å². The molecule has 0 nitrogen and oxygen atoms in total. The van der Waals surface area contributed by atoms with Crippen LogP contribution in [0.5, 0.6) is 0 Å².